The molecule has 0 aromatic carbocycles. The molecule has 0 aliphatic carbocycles. The Morgan fingerprint density at radius 3 is 2.73 bits per heavy atom. The summed E-state index contributed by atoms with van der Waals surface area (Å²) in [7, 11) is 0. The molecule has 0 fully saturated rings. The van der Waals surface area contributed by atoms with Gasteiger partial charge in [0.1, 0.15) is 0 Å². The molecule has 5 nitrogen and oxygen atoms in total. The Labute approximate surface area is 88.9 Å². The lowest BCUT2D eigenvalue weighted by atomic mass is 10.1. The second-order valence-electron chi connectivity index (χ2n) is 3.95. The molecule has 1 aromatic heterocycles. The molecular formula is C10H17N3O2. The molecule has 0 bridgehead atoms. The first kappa shape index (κ1) is 11.7. The van der Waals surface area contributed by atoms with Crippen molar-refractivity contribution < 1.29 is 9.90 Å². The van der Waals surface area contributed by atoms with E-state index < -0.39 is 5.97 Å². The van der Waals surface area contributed by atoms with Crippen LogP contribution in [0.1, 0.15) is 37.7 Å². The van der Waals surface area contributed by atoms with Crippen LogP contribution in [0.25, 0.3) is 0 Å². The Balaban J connectivity index is 2.75. The van der Waals surface area contributed by atoms with Crippen LogP contribution >= 0.6 is 0 Å². The fraction of sp³-hybridized carbons (Fsp3) is 0.600. The van der Waals surface area contributed by atoms with Crippen LogP contribution in [0.5, 0.6) is 0 Å². The zero-order chi connectivity index (χ0) is 11.4. The topological polar surface area (TPSA) is 78.0 Å². The molecule has 5 heteroatoms. The standard InChI is InChI=1S/C10H17N3O2/c1-6(2)11-8(5-10(14)15)9-4-7(3)12-13-9/h4,6,8,11H,5H2,1-3H3,(H,12,13)(H,14,15). The summed E-state index contributed by atoms with van der Waals surface area (Å²) in [6.07, 6.45) is 0.0441. The summed E-state index contributed by atoms with van der Waals surface area (Å²) in [5, 5.41) is 18.8. The zero-order valence-electron chi connectivity index (χ0n) is 9.24. The van der Waals surface area contributed by atoms with Gasteiger partial charge in [-0.15, -0.1) is 0 Å². The van der Waals surface area contributed by atoms with Crippen molar-refractivity contribution >= 4 is 5.97 Å². The van der Waals surface area contributed by atoms with E-state index in [4.69, 9.17) is 5.11 Å². The number of aromatic nitrogens is 2. The molecular weight excluding hydrogens is 194 g/mol. The molecule has 0 saturated carbocycles. The lowest BCUT2D eigenvalue weighted by Gasteiger charge is -2.17. The van der Waals surface area contributed by atoms with Crippen molar-refractivity contribution in [2.75, 3.05) is 0 Å². The van der Waals surface area contributed by atoms with Gasteiger partial charge in [-0.3, -0.25) is 9.89 Å². The molecule has 0 aliphatic heterocycles. The Morgan fingerprint density at radius 2 is 2.33 bits per heavy atom. The summed E-state index contributed by atoms with van der Waals surface area (Å²) in [5.74, 6) is -0.825. The predicted octanol–water partition coefficient (Wildman–Crippen LogP) is 1.23. The summed E-state index contributed by atoms with van der Waals surface area (Å²) in [5.41, 5.74) is 1.69. The van der Waals surface area contributed by atoms with E-state index in [-0.39, 0.29) is 18.5 Å². The van der Waals surface area contributed by atoms with E-state index >= 15 is 0 Å². The molecule has 15 heavy (non-hydrogen) atoms. The summed E-state index contributed by atoms with van der Waals surface area (Å²) >= 11 is 0. The van der Waals surface area contributed by atoms with Gasteiger partial charge < -0.3 is 10.4 Å². The number of H-pyrrole nitrogens is 1. The maximum atomic E-state index is 10.7. The van der Waals surface area contributed by atoms with Gasteiger partial charge in [-0.2, -0.15) is 5.10 Å². The highest BCUT2D eigenvalue weighted by Gasteiger charge is 2.18. The summed E-state index contributed by atoms with van der Waals surface area (Å²) in [4.78, 5) is 10.7. The van der Waals surface area contributed by atoms with Crippen LogP contribution in [0.4, 0.5) is 0 Å². The van der Waals surface area contributed by atoms with E-state index in [0.717, 1.165) is 11.4 Å². The van der Waals surface area contributed by atoms with Crippen LogP contribution in [0.15, 0.2) is 6.07 Å². The molecule has 84 valence electrons. The molecule has 0 saturated heterocycles. The quantitative estimate of drug-likeness (QED) is 0.684. The van der Waals surface area contributed by atoms with Crippen LogP contribution < -0.4 is 5.32 Å². The Hall–Kier alpha value is -1.36. The van der Waals surface area contributed by atoms with Gasteiger partial charge in [0.05, 0.1) is 18.2 Å². The zero-order valence-corrected chi connectivity index (χ0v) is 9.24. The average Bonchev–Trinajstić information content (AvgIpc) is 2.48. The maximum absolute atomic E-state index is 10.7. The number of carbonyl (C=O) groups is 1. The Morgan fingerprint density at radius 1 is 1.67 bits per heavy atom. The predicted molar refractivity (Wildman–Crippen MR) is 56.6 cm³/mol. The third-order valence-electron chi connectivity index (χ3n) is 2.00. The van der Waals surface area contributed by atoms with Gasteiger partial charge in [0.15, 0.2) is 0 Å². The van der Waals surface area contributed by atoms with Crippen molar-refractivity contribution in [3.05, 3.63) is 17.5 Å². The number of carboxylic acids is 1. The summed E-state index contributed by atoms with van der Waals surface area (Å²) in [6.45, 7) is 5.85. The molecule has 1 rings (SSSR count). The van der Waals surface area contributed by atoms with Crippen LogP contribution in [-0.4, -0.2) is 27.3 Å². The first-order valence-electron chi connectivity index (χ1n) is 4.98. The van der Waals surface area contributed by atoms with Gasteiger partial charge in [-0.1, -0.05) is 13.8 Å². The highest BCUT2D eigenvalue weighted by Crippen LogP contribution is 2.15. The number of aromatic amines is 1. The van der Waals surface area contributed by atoms with Crippen LogP contribution in [0.3, 0.4) is 0 Å². The van der Waals surface area contributed by atoms with E-state index in [9.17, 15) is 4.79 Å². The molecule has 1 unspecified atom stereocenters. The number of rotatable bonds is 5. The average molecular weight is 211 g/mol. The molecule has 0 radical (unpaired) electrons. The van der Waals surface area contributed by atoms with Gasteiger partial charge in [-0.05, 0) is 13.0 Å². The third-order valence-corrected chi connectivity index (χ3v) is 2.00. The minimum atomic E-state index is -0.825. The number of carboxylic acid groups (broad SMARTS) is 1. The summed E-state index contributed by atoms with van der Waals surface area (Å²) < 4.78 is 0. The first-order chi connectivity index (χ1) is 6.99. The molecule has 0 spiro atoms. The number of nitrogens with zero attached hydrogens (tertiary/aromatic N) is 1. The molecule has 1 heterocycles. The largest absolute Gasteiger partial charge is 0.481 e. The van der Waals surface area contributed by atoms with Crippen LogP contribution in [0, 0.1) is 6.92 Å². The van der Waals surface area contributed by atoms with Crippen LogP contribution in [0.2, 0.25) is 0 Å². The van der Waals surface area contributed by atoms with Gasteiger partial charge in [0.25, 0.3) is 0 Å². The lowest BCUT2D eigenvalue weighted by molar-refractivity contribution is -0.137. The van der Waals surface area contributed by atoms with Gasteiger partial charge in [0, 0.05) is 11.7 Å². The van der Waals surface area contributed by atoms with E-state index in [0.29, 0.717) is 0 Å². The van der Waals surface area contributed by atoms with Gasteiger partial charge in [0.2, 0.25) is 0 Å². The van der Waals surface area contributed by atoms with Gasteiger partial charge in [-0.25, -0.2) is 0 Å². The number of nitrogens with one attached hydrogen (secondary N) is 2. The number of aryl methyl sites for hydroxylation is 1. The minimum Gasteiger partial charge on any atom is -0.481 e. The minimum absolute atomic E-state index is 0.0441. The lowest BCUT2D eigenvalue weighted by Crippen LogP contribution is -2.30. The molecule has 3 N–H and O–H groups in total. The second kappa shape index (κ2) is 4.93. The van der Waals surface area contributed by atoms with Gasteiger partial charge >= 0.3 is 5.97 Å². The monoisotopic (exact) mass is 211 g/mol. The number of aliphatic carboxylic acids is 1. The van der Waals surface area contributed by atoms with E-state index in [2.05, 4.69) is 15.5 Å². The number of hydrogen-bond acceptors (Lipinski definition) is 3. The Kier molecular flexibility index (Phi) is 3.85. The van der Waals surface area contributed by atoms with E-state index in [1.54, 1.807) is 0 Å². The van der Waals surface area contributed by atoms with Crippen LogP contribution in [-0.2, 0) is 4.79 Å². The smallest absolute Gasteiger partial charge is 0.305 e. The maximum Gasteiger partial charge on any atom is 0.305 e. The molecule has 0 aliphatic rings. The van der Waals surface area contributed by atoms with Crippen molar-refractivity contribution in [3.8, 4) is 0 Å². The van der Waals surface area contributed by atoms with Crippen molar-refractivity contribution in [2.45, 2.75) is 39.3 Å². The molecule has 0 amide bonds. The molecule has 1 aromatic rings. The van der Waals surface area contributed by atoms with Crippen molar-refractivity contribution in [1.29, 1.82) is 0 Å². The van der Waals surface area contributed by atoms with E-state index in [1.165, 1.54) is 0 Å². The fourth-order valence-corrected chi connectivity index (χ4v) is 1.44. The highest BCUT2D eigenvalue weighted by atomic mass is 16.4. The second-order valence-corrected chi connectivity index (χ2v) is 3.95. The summed E-state index contributed by atoms with van der Waals surface area (Å²) in [6, 6.07) is 1.86. The number of hydrogen-bond donors (Lipinski definition) is 3. The SMILES string of the molecule is Cc1cc(C(CC(=O)O)NC(C)C)n[nH]1. The van der Waals surface area contributed by atoms with Crippen molar-refractivity contribution in [1.82, 2.24) is 15.5 Å². The highest BCUT2D eigenvalue weighted by molar-refractivity contribution is 5.67. The normalized spacial score (nSPS) is 13.1. The fourth-order valence-electron chi connectivity index (χ4n) is 1.44. The molecule has 1 atom stereocenters. The van der Waals surface area contributed by atoms with Crippen molar-refractivity contribution in [2.24, 2.45) is 0 Å². The Bertz CT molecular complexity index is 333. The first-order valence-corrected chi connectivity index (χ1v) is 4.98. The third kappa shape index (κ3) is 3.71. The van der Waals surface area contributed by atoms with E-state index in [1.807, 2.05) is 26.8 Å². The van der Waals surface area contributed by atoms with Crippen molar-refractivity contribution in [3.63, 3.8) is 0 Å².